The van der Waals surface area contributed by atoms with Crippen LogP contribution in [0.1, 0.15) is 37.7 Å². The van der Waals surface area contributed by atoms with Gasteiger partial charge >= 0.3 is 0 Å². The fourth-order valence-electron chi connectivity index (χ4n) is 2.44. The Morgan fingerprint density at radius 1 is 1.12 bits per heavy atom. The van der Waals surface area contributed by atoms with E-state index in [1.54, 1.807) is 6.07 Å². The second-order valence-electron chi connectivity index (χ2n) is 4.73. The quantitative estimate of drug-likeness (QED) is 0.820. The molecule has 0 saturated heterocycles. The first-order valence-electron chi connectivity index (χ1n) is 6.30. The predicted molar refractivity (Wildman–Crippen MR) is 64.7 cm³/mol. The molecule has 2 rings (SSSR count). The van der Waals surface area contributed by atoms with Crippen molar-refractivity contribution in [1.82, 2.24) is 5.32 Å². The van der Waals surface area contributed by atoms with Crippen molar-refractivity contribution in [2.75, 3.05) is 6.54 Å². The van der Waals surface area contributed by atoms with Gasteiger partial charge in [0.05, 0.1) is 0 Å². The molecular formula is C14H20FN. The van der Waals surface area contributed by atoms with Crippen molar-refractivity contribution in [2.24, 2.45) is 5.92 Å². The van der Waals surface area contributed by atoms with Crippen LogP contribution in [0.4, 0.5) is 4.39 Å². The summed E-state index contributed by atoms with van der Waals surface area (Å²) in [7, 11) is 0. The second kappa shape index (κ2) is 6.00. The van der Waals surface area contributed by atoms with E-state index in [9.17, 15) is 4.39 Å². The molecule has 88 valence electrons. The molecule has 1 N–H and O–H groups in total. The van der Waals surface area contributed by atoms with Gasteiger partial charge in [-0.3, -0.25) is 0 Å². The number of halogens is 1. The molecule has 0 spiro atoms. The van der Waals surface area contributed by atoms with Crippen LogP contribution in [-0.2, 0) is 6.54 Å². The van der Waals surface area contributed by atoms with Gasteiger partial charge in [0, 0.05) is 12.1 Å². The van der Waals surface area contributed by atoms with E-state index >= 15 is 0 Å². The van der Waals surface area contributed by atoms with E-state index < -0.39 is 0 Å². The van der Waals surface area contributed by atoms with Crippen LogP contribution < -0.4 is 5.32 Å². The van der Waals surface area contributed by atoms with E-state index in [2.05, 4.69) is 5.32 Å². The van der Waals surface area contributed by atoms with Crippen molar-refractivity contribution in [3.05, 3.63) is 35.6 Å². The third-order valence-corrected chi connectivity index (χ3v) is 3.43. The largest absolute Gasteiger partial charge is 0.312 e. The zero-order valence-corrected chi connectivity index (χ0v) is 9.71. The smallest absolute Gasteiger partial charge is 0.127 e. The molecule has 1 aliphatic rings. The minimum absolute atomic E-state index is 0.0985. The van der Waals surface area contributed by atoms with Crippen LogP contribution >= 0.6 is 0 Å². The Kier molecular flexibility index (Phi) is 4.34. The first kappa shape index (κ1) is 11.6. The first-order chi connectivity index (χ1) is 7.86. The summed E-state index contributed by atoms with van der Waals surface area (Å²) >= 11 is 0. The number of rotatable bonds is 4. The maximum atomic E-state index is 13.3. The Balaban J connectivity index is 1.73. The number of benzene rings is 1. The Morgan fingerprint density at radius 2 is 1.88 bits per heavy atom. The molecule has 0 amide bonds. The lowest BCUT2D eigenvalue weighted by molar-refractivity contribution is 0.341. The lowest BCUT2D eigenvalue weighted by atomic mass is 9.89. The highest BCUT2D eigenvalue weighted by Gasteiger charge is 2.12. The lowest BCUT2D eigenvalue weighted by Gasteiger charge is -2.21. The van der Waals surface area contributed by atoms with E-state index in [1.807, 2.05) is 12.1 Å². The monoisotopic (exact) mass is 221 g/mol. The summed E-state index contributed by atoms with van der Waals surface area (Å²) in [4.78, 5) is 0. The van der Waals surface area contributed by atoms with Crippen LogP contribution in [-0.4, -0.2) is 6.54 Å². The minimum atomic E-state index is -0.0985. The van der Waals surface area contributed by atoms with Gasteiger partial charge in [-0.05, 0) is 31.4 Å². The summed E-state index contributed by atoms with van der Waals surface area (Å²) in [5.74, 6) is 0.708. The third-order valence-electron chi connectivity index (χ3n) is 3.43. The van der Waals surface area contributed by atoms with Gasteiger partial charge in [0.2, 0.25) is 0 Å². The zero-order chi connectivity index (χ0) is 11.2. The van der Waals surface area contributed by atoms with Crippen LogP contribution in [0.5, 0.6) is 0 Å². The Hall–Kier alpha value is -0.890. The van der Waals surface area contributed by atoms with E-state index in [1.165, 1.54) is 38.2 Å². The van der Waals surface area contributed by atoms with E-state index in [0.29, 0.717) is 6.54 Å². The molecule has 1 aliphatic carbocycles. The number of hydrogen-bond donors (Lipinski definition) is 1. The Bertz CT molecular complexity index is 318. The summed E-state index contributed by atoms with van der Waals surface area (Å²) < 4.78 is 13.3. The fraction of sp³-hybridized carbons (Fsp3) is 0.571. The van der Waals surface area contributed by atoms with Gasteiger partial charge in [-0.1, -0.05) is 37.5 Å². The number of nitrogens with one attached hydrogen (secondary N) is 1. The summed E-state index contributed by atoms with van der Waals surface area (Å²) in [6.07, 6.45) is 6.80. The van der Waals surface area contributed by atoms with Gasteiger partial charge in [-0.25, -0.2) is 4.39 Å². The van der Waals surface area contributed by atoms with Gasteiger partial charge in [-0.15, -0.1) is 0 Å². The maximum Gasteiger partial charge on any atom is 0.127 e. The average molecular weight is 221 g/mol. The second-order valence-corrected chi connectivity index (χ2v) is 4.73. The molecule has 1 fully saturated rings. The molecule has 1 saturated carbocycles. The van der Waals surface area contributed by atoms with Crippen molar-refractivity contribution >= 4 is 0 Å². The first-order valence-corrected chi connectivity index (χ1v) is 6.30. The highest BCUT2D eigenvalue weighted by atomic mass is 19.1. The zero-order valence-electron chi connectivity index (χ0n) is 9.71. The average Bonchev–Trinajstić information content (AvgIpc) is 2.33. The minimum Gasteiger partial charge on any atom is -0.312 e. The molecular weight excluding hydrogens is 201 g/mol. The van der Waals surface area contributed by atoms with Crippen LogP contribution in [0.15, 0.2) is 24.3 Å². The molecule has 1 nitrogen and oxygen atoms in total. The van der Waals surface area contributed by atoms with E-state index in [-0.39, 0.29) is 5.82 Å². The van der Waals surface area contributed by atoms with E-state index in [0.717, 1.165) is 18.0 Å². The van der Waals surface area contributed by atoms with Crippen molar-refractivity contribution < 1.29 is 4.39 Å². The highest BCUT2D eigenvalue weighted by Crippen LogP contribution is 2.22. The van der Waals surface area contributed by atoms with Gasteiger partial charge < -0.3 is 5.32 Å². The summed E-state index contributed by atoms with van der Waals surface area (Å²) in [5, 5.41) is 3.37. The molecule has 0 unspecified atom stereocenters. The summed E-state index contributed by atoms with van der Waals surface area (Å²) in [5.41, 5.74) is 0.776. The molecule has 0 aromatic heterocycles. The summed E-state index contributed by atoms with van der Waals surface area (Å²) in [6.45, 7) is 1.69. The lowest BCUT2D eigenvalue weighted by Crippen LogP contribution is -2.24. The molecule has 0 aliphatic heterocycles. The highest BCUT2D eigenvalue weighted by molar-refractivity contribution is 5.16. The van der Waals surface area contributed by atoms with Crippen LogP contribution in [0, 0.1) is 11.7 Å². The topological polar surface area (TPSA) is 12.0 Å². The molecule has 0 heterocycles. The molecule has 0 atom stereocenters. The molecule has 0 radical (unpaired) electrons. The molecule has 0 bridgehead atoms. The fourth-order valence-corrected chi connectivity index (χ4v) is 2.44. The predicted octanol–water partition coefficient (Wildman–Crippen LogP) is 3.50. The third kappa shape index (κ3) is 3.31. The van der Waals surface area contributed by atoms with Gasteiger partial charge in [0.15, 0.2) is 0 Å². The molecule has 2 heteroatoms. The van der Waals surface area contributed by atoms with Crippen LogP contribution in [0.3, 0.4) is 0 Å². The van der Waals surface area contributed by atoms with Gasteiger partial charge in [0.25, 0.3) is 0 Å². The molecule has 1 aromatic rings. The van der Waals surface area contributed by atoms with Gasteiger partial charge in [0.1, 0.15) is 5.82 Å². The van der Waals surface area contributed by atoms with Crippen LogP contribution in [0.25, 0.3) is 0 Å². The standard InChI is InChI=1S/C14H20FN/c15-14-9-5-4-8-13(14)11-16-10-12-6-2-1-3-7-12/h4-5,8-9,12,16H,1-3,6-7,10-11H2. The van der Waals surface area contributed by atoms with Gasteiger partial charge in [-0.2, -0.15) is 0 Å². The Labute approximate surface area is 97.1 Å². The van der Waals surface area contributed by atoms with Crippen molar-refractivity contribution in [3.63, 3.8) is 0 Å². The van der Waals surface area contributed by atoms with Crippen molar-refractivity contribution in [2.45, 2.75) is 38.6 Å². The van der Waals surface area contributed by atoms with Crippen molar-refractivity contribution in [1.29, 1.82) is 0 Å². The van der Waals surface area contributed by atoms with Crippen LogP contribution in [0.2, 0.25) is 0 Å². The van der Waals surface area contributed by atoms with E-state index in [4.69, 9.17) is 0 Å². The number of hydrogen-bond acceptors (Lipinski definition) is 1. The maximum absolute atomic E-state index is 13.3. The Morgan fingerprint density at radius 3 is 2.62 bits per heavy atom. The molecule has 1 aromatic carbocycles. The SMILES string of the molecule is Fc1ccccc1CNCC1CCCCC1. The summed E-state index contributed by atoms with van der Waals surface area (Å²) in [6, 6.07) is 7.00. The molecule has 16 heavy (non-hydrogen) atoms. The van der Waals surface area contributed by atoms with Crippen molar-refractivity contribution in [3.8, 4) is 0 Å². The normalized spacial score (nSPS) is 17.6.